The molecule has 138 valence electrons. The number of hydrogen-bond donors (Lipinski definition) is 2. The molecule has 26 heavy (non-hydrogen) atoms. The van der Waals surface area contributed by atoms with E-state index < -0.39 is 0 Å². The summed E-state index contributed by atoms with van der Waals surface area (Å²) in [5.74, 6) is 0.661. The summed E-state index contributed by atoms with van der Waals surface area (Å²) in [4.78, 5) is 3.46. The molecule has 4 nitrogen and oxygen atoms in total. The zero-order chi connectivity index (χ0) is 18.4. The molecule has 1 unspecified atom stereocenters. The van der Waals surface area contributed by atoms with Crippen LogP contribution in [0.1, 0.15) is 18.9 Å². The SMILES string of the molecule is CCOc1ccccc1NC(=S)N1CCC[NH+](Cc2ccccc2F)C1. The topological polar surface area (TPSA) is 28.9 Å². The Morgan fingerprint density at radius 3 is 2.81 bits per heavy atom. The molecule has 0 aliphatic carbocycles. The molecule has 1 fully saturated rings. The second-order valence-corrected chi connectivity index (χ2v) is 6.79. The second-order valence-electron chi connectivity index (χ2n) is 6.40. The monoisotopic (exact) mass is 374 g/mol. The van der Waals surface area contributed by atoms with Gasteiger partial charge in [0.15, 0.2) is 11.8 Å². The molecular weight excluding hydrogens is 349 g/mol. The van der Waals surface area contributed by atoms with Crippen molar-refractivity contribution < 1.29 is 14.0 Å². The highest BCUT2D eigenvalue weighted by Gasteiger charge is 2.24. The van der Waals surface area contributed by atoms with Gasteiger partial charge in [0.05, 0.1) is 18.8 Å². The van der Waals surface area contributed by atoms with Gasteiger partial charge in [0, 0.05) is 18.5 Å². The number of para-hydroxylation sites is 2. The molecular formula is C20H25FN3OS+. The van der Waals surface area contributed by atoms with Gasteiger partial charge in [-0.3, -0.25) is 0 Å². The van der Waals surface area contributed by atoms with Gasteiger partial charge >= 0.3 is 0 Å². The Balaban J connectivity index is 1.62. The van der Waals surface area contributed by atoms with E-state index in [1.807, 2.05) is 43.3 Å². The number of thiocarbonyl (C=S) groups is 1. The summed E-state index contributed by atoms with van der Waals surface area (Å²) in [5.41, 5.74) is 1.63. The van der Waals surface area contributed by atoms with Crippen LogP contribution < -0.4 is 15.0 Å². The van der Waals surface area contributed by atoms with Crippen molar-refractivity contribution in [2.75, 3.05) is 31.7 Å². The zero-order valence-corrected chi connectivity index (χ0v) is 15.8. The molecule has 0 saturated carbocycles. The van der Waals surface area contributed by atoms with Crippen LogP contribution in [-0.4, -0.2) is 36.4 Å². The van der Waals surface area contributed by atoms with E-state index in [2.05, 4.69) is 10.2 Å². The normalized spacial score (nSPS) is 17.0. The van der Waals surface area contributed by atoms with Gasteiger partial charge in [-0.05, 0) is 37.3 Å². The van der Waals surface area contributed by atoms with Crippen molar-refractivity contribution in [3.63, 3.8) is 0 Å². The average Bonchev–Trinajstić information content (AvgIpc) is 2.66. The lowest BCUT2D eigenvalue weighted by Crippen LogP contribution is -3.13. The fraction of sp³-hybridized carbons (Fsp3) is 0.350. The van der Waals surface area contributed by atoms with Crippen molar-refractivity contribution in [3.8, 4) is 5.75 Å². The average molecular weight is 375 g/mol. The molecule has 0 aromatic heterocycles. The van der Waals surface area contributed by atoms with Crippen molar-refractivity contribution >= 4 is 23.0 Å². The van der Waals surface area contributed by atoms with E-state index in [0.29, 0.717) is 18.3 Å². The van der Waals surface area contributed by atoms with Crippen LogP contribution in [0.15, 0.2) is 48.5 Å². The third-order valence-corrected chi connectivity index (χ3v) is 4.85. The first-order valence-corrected chi connectivity index (χ1v) is 9.43. The molecule has 3 rings (SSSR count). The summed E-state index contributed by atoms with van der Waals surface area (Å²) in [6, 6.07) is 14.8. The van der Waals surface area contributed by atoms with Gasteiger partial charge in [-0.2, -0.15) is 0 Å². The zero-order valence-electron chi connectivity index (χ0n) is 15.0. The van der Waals surface area contributed by atoms with E-state index in [9.17, 15) is 4.39 Å². The van der Waals surface area contributed by atoms with Gasteiger partial charge in [0.25, 0.3) is 0 Å². The highest BCUT2D eigenvalue weighted by Crippen LogP contribution is 2.24. The first-order valence-electron chi connectivity index (χ1n) is 9.02. The van der Waals surface area contributed by atoms with Crippen LogP contribution in [0.3, 0.4) is 0 Å². The van der Waals surface area contributed by atoms with Gasteiger partial charge in [0.2, 0.25) is 0 Å². The maximum absolute atomic E-state index is 13.9. The molecule has 0 radical (unpaired) electrons. The van der Waals surface area contributed by atoms with E-state index in [4.69, 9.17) is 17.0 Å². The predicted octanol–water partition coefficient (Wildman–Crippen LogP) is 2.67. The fourth-order valence-corrected chi connectivity index (χ4v) is 3.49. The Morgan fingerprint density at radius 1 is 1.23 bits per heavy atom. The molecule has 1 aliphatic heterocycles. The Hall–Kier alpha value is -2.18. The predicted molar refractivity (Wildman–Crippen MR) is 106 cm³/mol. The summed E-state index contributed by atoms with van der Waals surface area (Å²) in [6.07, 6.45) is 1.03. The van der Waals surface area contributed by atoms with Crippen molar-refractivity contribution in [1.82, 2.24) is 4.90 Å². The van der Waals surface area contributed by atoms with E-state index in [0.717, 1.165) is 43.2 Å². The van der Waals surface area contributed by atoms with Crippen LogP contribution in [0.4, 0.5) is 10.1 Å². The number of halogens is 1. The maximum Gasteiger partial charge on any atom is 0.177 e. The van der Waals surface area contributed by atoms with Gasteiger partial charge < -0.3 is 19.9 Å². The number of quaternary nitrogens is 1. The highest BCUT2D eigenvalue weighted by atomic mass is 32.1. The van der Waals surface area contributed by atoms with Crippen LogP contribution >= 0.6 is 12.2 Å². The molecule has 2 N–H and O–H groups in total. The minimum absolute atomic E-state index is 0.136. The summed E-state index contributed by atoms with van der Waals surface area (Å²) in [6.45, 7) is 5.92. The third-order valence-electron chi connectivity index (χ3n) is 4.49. The Morgan fingerprint density at radius 2 is 2.00 bits per heavy atom. The van der Waals surface area contributed by atoms with Crippen LogP contribution in [-0.2, 0) is 6.54 Å². The molecule has 1 aliphatic rings. The number of benzene rings is 2. The molecule has 1 heterocycles. The quantitative estimate of drug-likeness (QED) is 0.788. The molecule has 1 atom stereocenters. The molecule has 0 amide bonds. The van der Waals surface area contributed by atoms with Crippen LogP contribution in [0.2, 0.25) is 0 Å². The lowest BCUT2D eigenvalue weighted by molar-refractivity contribution is -0.927. The van der Waals surface area contributed by atoms with E-state index in [-0.39, 0.29) is 5.82 Å². The van der Waals surface area contributed by atoms with E-state index in [1.165, 1.54) is 11.0 Å². The smallest absolute Gasteiger partial charge is 0.177 e. The van der Waals surface area contributed by atoms with Crippen molar-refractivity contribution in [2.24, 2.45) is 0 Å². The Kier molecular flexibility index (Phi) is 6.41. The molecule has 0 spiro atoms. The summed E-state index contributed by atoms with van der Waals surface area (Å²) in [5, 5.41) is 3.99. The minimum Gasteiger partial charge on any atom is -0.492 e. The van der Waals surface area contributed by atoms with E-state index >= 15 is 0 Å². The van der Waals surface area contributed by atoms with Crippen LogP contribution in [0.5, 0.6) is 5.75 Å². The molecule has 6 heteroatoms. The number of nitrogens with one attached hydrogen (secondary N) is 2. The molecule has 2 aromatic carbocycles. The first-order chi connectivity index (χ1) is 12.7. The lowest BCUT2D eigenvalue weighted by atomic mass is 10.2. The highest BCUT2D eigenvalue weighted by molar-refractivity contribution is 7.80. The Bertz CT molecular complexity index is 755. The largest absolute Gasteiger partial charge is 0.492 e. The van der Waals surface area contributed by atoms with Crippen molar-refractivity contribution in [3.05, 3.63) is 59.9 Å². The summed E-state index contributed by atoms with van der Waals surface area (Å²) < 4.78 is 19.6. The van der Waals surface area contributed by atoms with Gasteiger partial charge in [0.1, 0.15) is 18.1 Å². The van der Waals surface area contributed by atoms with E-state index in [1.54, 1.807) is 6.07 Å². The second kappa shape index (κ2) is 8.96. The standard InChI is InChI=1S/C20H24FN3OS/c1-2-25-19-11-6-5-10-18(19)22-20(26)24-13-7-12-23(15-24)14-16-8-3-4-9-17(16)21/h3-6,8-11H,2,7,12-15H2,1H3,(H,22,26)/p+1. The number of ether oxygens (including phenoxy) is 1. The van der Waals surface area contributed by atoms with Gasteiger partial charge in [-0.15, -0.1) is 0 Å². The van der Waals surface area contributed by atoms with Gasteiger partial charge in [-0.25, -0.2) is 4.39 Å². The lowest BCUT2D eigenvalue weighted by Gasteiger charge is -2.34. The fourth-order valence-electron chi connectivity index (χ4n) is 3.22. The number of hydrogen-bond acceptors (Lipinski definition) is 2. The van der Waals surface area contributed by atoms with Crippen molar-refractivity contribution in [2.45, 2.75) is 19.9 Å². The van der Waals surface area contributed by atoms with Gasteiger partial charge in [-0.1, -0.05) is 30.3 Å². The van der Waals surface area contributed by atoms with Crippen molar-refractivity contribution in [1.29, 1.82) is 0 Å². The maximum atomic E-state index is 13.9. The number of nitrogens with zero attached hydrogens (tertiary/aromatic N) is 1. The third kappa shape index (κ3) is 4.71. The number of rotatable bonds is 5. The number of anilines is 1. The minimum atomic E-state index is -0.136. The molecule has 0 bridgehead atoms. The molecule has 1 saturated heterocycles. The Labute approximate surface area is 159 Å². The van der Waals surface area contributed by atoms with Crippen LogP contribution in [0, 0.1) is 5.82 Å². The summed E-state index contributed by atoms with van der Waals surface area (Å²) >= 11 is 5.61. The summed E-state index contributed by atoms with van der Waals surface area (Å²) in [7, 11) is 0. The van der Waals surface area contributed by atoms with Crippen LogP contribution in [0.25, 0.3) is 0 Å². The molecule has 2 aromatic rings. The first kappa shape index (κ1) is 18.6.